The second kappa shape index (κ2) is 2.65. The third-order valence-corrected chi connectivity index (χ3v) is 1.50. The van der Waals surface area contributed by atoms with E-state index in [0.29, 0.717) is 0 Å². The van der Waals surface area contributed by atoms with Crippen molar-refractivity contribution < 1.29 is 5.11 Å². The molecule has 0 fully saturated rings. The predicted molar refractivity (Wildman–Crippen MR) is 43.0 cm³/mol. The molecular weight excluding hydrogens is 154 g/mol. The summed E-state index contributed by atoms with van der Waals surface area (Å²) in [7, 11) is 0. The van der Waals surface area contributed by atoms with Crippen LogP contribution in [0.5, 0.6) is 5.88 Å². The molecule has 2 aromatic heterocycles. The van der Waals surface area contributed by atoms with Gasteiger partial charge in [0.05, 0.1) is 11.9 Å². The SMILES string of the molecule is Oc1ccc(-n2cccn2)cn1. The molecule has 60 valence electrons. The molecule has 0 unspecified atom stereocenters. The van der Waals surface area contributed by atoms with Crippen LogP contribution >= 0.6 is 0 Å². The van der Waals surface area contributed by atoms with Crippen LogP contribution in [0.1, 0.15) is 0 Å². The van der Waals surface area contributed by atoms with Crippen LogP contribution < -0.4 is 0 Å². The zero-order valence-corrected chi connectivity index (χ0v) is 6.25. The second-order valence-electron chi connectivity index (χ2n) is 2.33. The Balaban J connectivity index is 2.43. The minimum Gasteiger partial charge on any atom is -0.493 e. The lowest BCUT2D eigenvalue weighted by atomic mass is 10.4. The van der Waals surface area contributed by atoms with E-state index < -0.39 is 0 Å². The first-order valence-corrected chi connectivity index (χ1v) is 3.51. The van der Waals surface area contributed by atoms with Crippen LogP contribution in [0.3, 0.4) is 0 Å². The lowest BCUT2D eigenvalue weighted by Crippen LogP contribution is -1.93. The van der Waals surface area contributed by atoms with Crippen molar-refractivity contribution in [3.8, 4) is 11.6 Å². The summed E-state index contributed by atoms with van der Waals surface area (Å²) in [5, 5.41) is 12.9. The average molecular weight is 161 g/mol. The first-order valence-electron chi connectivity index (χ1n) is 3.51. The Morgan fingerprint density at radius 3 is 2.83 bits per heavy atom. The molecule has 0 aliphatic heterocycles. The molecule has 2 aromatic rings. The van der Waals surface area contributed by atoms with E-state index in [4.69, 9.17) is 5.11 Å². The third-order valence-electron chi connectivity index (χ3n) is 1.50. The molecule has 0 aliphatic carbocycles. The summed E-state index contributed by atoms with van der Waals surface area (Å²) in [4.78, 5) is 3.73. The number of hydrogen-bond acceptors (Lipinski definition) is 3. The van der Waals surface area contributed by atoms with Crippen LogP contribution in [-0.4, -0.2) is 19.9 Å². The highest BCUT2D eigenvalue weighted by Gasteiger charge is 1.95. The number of pyridine rings is 1. The van der Waals surface area contributed by atoms with Gasteiger partial charge < -0.3 is 5.11 Å². The van der Waals surface area contributed by atoms with Gasteiger partial charge in [-0.25, -0.2) is 9.67 Å². The molecule has 0 aliphatic rings. The molecule has 1 N–H and O–H groups in total. The summed E-state index contributed by atoms with van der Waals surface area (Å²) in [6, 6.07) is 5.10. The molecular formula is C8H7N3O. The fourth-order valence-corrected chi connectivity index (χ4v) is 0.935. The molecule has 0 radical (unpaired) electrons. The van der Waals surface area contributed by atoms with Gasteiger partial charge in [0.25, 0.3) is 0 Å². The van der Waals surface area contributed by atoms with E-state index in [1.54, 1.807) is 23.1 Å². The molecule has 0 bridgehead atoms. The van der Waals surface area contributed by atoms with Crippen molar-refractivity contribution in [2.75, 3.05) is 0 Å². The Hall–Kier alpha value is -1.84. The summed E-state index contributed by atoms with van der Waals surface area (Å²) in [5.74, 6) is 0.0194. The second-order valence-corrected chi connectivity index (χ2v) is 2.33. The molecule has 4 heteroatoms. The standard InChI is InChI=1S/C8H7N3O/c12-8-3-2-7(6-9-8)11-5-1-4-10-11/h1-6H,(H,9,12). The van der Waals surface area contributed by atoms with Crippen molar-refractivity contribution in [2.24, 2.45) is 0 Å². The van der Waals surface area contributed by atoms with Gasteiger partial charge in [0.1, 0.15) is 0 Å². The number of nitrogens with zero attached hydrogens (tertiary/aromatic N) is 3. The summed E-state index contributed by atoms with van der Waals surface area (Å²) in [6.45, 7) is 0. The van der Waals surface area contributed by atoms with Gasteiger partial charge in [-0.15, -0.1) is 0 Å². The Morgan fingerprint density at radius 1 is 1.33 bits per heavy atom. The number of hydrogen-bond donors (Lipinski definition) is 1. The highest BCUT2D eigenvalue weighted by Crippen LogP contribution is 2.08. The van der Waals surface area contributed by atoms with Gasteiger partial charge in [-0.3, -0.25) is 0 Å². The quantitative estimate of drug-likeness (QED) is 0.678. The molecule has 2 heterocycles. The van der Waals surface area contributed by atoms with Gasteiger partial charge in [-0.2, -0.15) is 5.10 Å². The minimum absolute atomic E-state index is 0.0194. The van der Waals surface area contributed by atoms with Crippen LogP contribution in [0.2, 0.25) is 0 Å². The number of aromatic hydroxyl groups is 1. The van der Waals surface area contributed by atoms with Crippen molar-refractivity contribution in [2.45, 2.75) is 0 Å². The molecule has 0 atom stereocenters. The minimum atomic E-state index is 0.0194. The third kappa shape index (κ3) is 1.14. The molecule has 4 nitrogen and oxygen atoms in total. The fourth-order valence-electron chi connectivity index (χ4n) is 0.935. The first-order chi connectivity index (χ1) is 5.86. The highest BCUT2D eigenvalue weighted by atomic mass is 16.3. The predicted octanol–water partition coefficient (Wildman–Crippen LogP) is 0.973. The average Bonchev–Trinajstić information content (AvgIpc) is 2.58. The van der Waals surface area contributed by atoms with Gasteiger partial charge >= 0.3 is 0 Å². The van der Waals surface area contributed by atoms with Gasteiger partial charge in [0.15, 0.2) is 0 Å². The molecule has 0 aromatic carbocycles. The van der Waals surface area contributed by atoms with Crippen molar-refractivity contribution in [3.05, 3.63) is 36.8 Å². The lowest BCUT2D eigenvalue weighted by molar-refractivity contribution is 0.453. The summed E-state index contributed by atoms with van der Waals surface area (Å²) < 4.78 is 1.67. The zero-order valence-electron chi connectivity index (χ0n) is 6.25. The van der Waals surface area contributed by atoms with E-state index in [1.807, 2.05) is 12.3 Å². The lowest BCUT2D eigenvalue weighted by Gasteiger charge is -1.98. The van der Waals surface area contributed by atoms with Gasteiger partial charge in [0.2, 0.25) is 5.88 Å². The number of rotatable bonds is 1. The van der Waals surface area contributed by atoms with Crippen molar-refractivity contribution in [3.63, 3.8) is 0 Å². The van der Waals surface area contributed by atoms with Crippen LogP contribution in [-0.2, 0) is 0 Å². The van der Waals surface area contributed by atoms with Crippen LogP contribution in [0.25, 0.3) is 5.69 Å². The van der Waals surface area contributed by atoms with E-state index in [1.165, 1.54) is 6.07 Å². The Bertz CT molecular complexity index is 352. The largest absolute Gasteiger partial charge is 0.493 e. The molecule has 2 rings (SSSR count). The van der Waals surface area contributed by atoms with E-state index in [-0.39, 0.29) is 5.88 Å². The smallest absolute Gasteiger partial charge is 0.210 e. The molecule has 0 spiro atoms. The van der Waals surface area contributed by atoms with Gasteiger partial charge in [-0.05, 0) is 12.1 Å². The maximum Gasteiger partial charge on any atom is 0.210 e. The Kier molecular flexibility index (Phi) is 1.51. The van der Waals surface area contributed by atoms with E-state index in [9.17, 15) is 0 Å². The topological polar surface area (TPSA) is 50.9 Å². The highest BCUT2D eigenvalue weighted by molar-refractivity contribution is 5.29. The van der Waals surface area contributed by atoms with Gasteiger partial charge in [0, 0.05) is 18.5 Å². The summed E-state index contributed by atoms with van der Waals surface area (Å²) in [6.07, 6.45) is 5.06. The fraction of sp³-hybridized carbons (Fsp3) is 0. The number of aromatic nitrogens is 3. The Morgan fingerprint density at radius 2 is 2.25 bits per heavy atom. The van der Waals surface area contributed by atoms with Crippen LogP contribution in [0.15, 0.2) is 36.8 Å². The first kappa shape index (κ1) is 6.84. The van der Waals surface area contributed by atoms with E-state index in [0.717, 1.165) is 5.69 Å². The van der Waals surface area contributed by atoms with Crippen molar-refractivity contribution in [1.29, 1.82) is 0 Å². The molecule has 0 saturated heterocycles. The monoisotopic (exact) mass is 161 g/mol. The zero-order chi connectivity index (χ0) is 8.39. The molecule has 12 heavy (non-hydrogen) atoms. The van der Waals surface area contributed by atoms with E-state index >= 15 is 0 Å². The van der Waals surface area contributed by atoms with Crippen LogP contribution in [0, 0.1) is 0 Å². The molecule has 0 amide bonds. The normalized spacial score (nSPS) is 10.0. The summed E-state index contributed by atoms with van der Waals surface area (Å²) >= 11 is 0. The van der Waals surface area contributed by atoms with Gasteiger partial charge in [-0.1, -0.05) is 0 Å². The maximum absolute atomic E-state index is 8.91. The summed E-state index contributed by atoms with van der Waals surface area (Å²) in [5.41, 5.74) is 0.831. The van der Waals surface area contributed by atoms with Crippen molar-refractivity contribution in [1.82, 2.24) is 14.8 Å². The van der Waals surface area contributed by atoms with E-state index in [2.05, 4.69) is 10.1 Å². The van der Waals surface area contributed by atoms with Crippen molar-refractivity contribution >= 4 is 0 Å². The maximum atomic E-state index is 8.91. The Labute approximate surface area is 69.1 Å². The molecule has 0 saturated carbocycles. The van der Waals surface area contributed by atoms with Crippen LogP contribution in [0.4, 0.5) is 0 Å².